The Morgan fingerprint density at radius 2 is 1.90 bits per heavy atom. The molecule has 112 valence electrons. The van der Waals surface area contributed by atoms with Crippen molar-refractivity contribution in [3.05, 3.63) is 35.4 Å². The molecule has 1 aromatic carbocycles. The number of nitriles is 1. The van der Waals surface area contributed by atoms with Crippen LogP contribution in [0.15, 0.2) is 24.3 Å². The van der Waals surface area contributed by atoms with Gasteiger partial charge in [0.15, 0.2) is 0 Å². The second kappa shape index (κ2) is 8.05. The highest BCUT2D eigenvalue weighted by Crippen LogP contribution is 2.03. The summed E-state index contributed by atoms with van der Waals surface area (Å²) >= 11 is 0. The van der Waals surface area contributed by atoms with Crippen LogP contribution in [-0.2, 0) is 4.79 Å². The minimum absolute atomic E-state index is 0.0448. The molecule has 21 heavy (non-hydrogen) atoms. The van der Waals surface area contributed by atoms with Gasteiger partial charge in [0, 0.05) is 31.6 Å². The summed E-state index contributed by atoms with van der Waals surface area (Å²) in [5.41, 5.74) is 1.06. The molecule has 0 fully saturated rings. The lowest BCUT2D eigenvalue weighted by Gasteiger charge is -2.25. The third kappa shape index (κ3) is 5.27. The van der Waals surface area contributed by atoms with Crippen LogP contribution in [0.4, 0.5) is 0 Å². The zero-order chi connectivity index (χ0) is 15.8. The lowest BCUT2D eigenvalue weighted by Crippen LogP contribution is -2.37. The van der Waals surface area contributed by atoms with Crippen LogP contribution in [0, 0.1) is 11.3 Å². The summed E-state index contributed by atoms with van der Waals surface area (Å²) in [5, 5.41) is 11.5. The van der Waals surface area contributed by atoms with Gasteiger partial charge >= 0.3 is 0 Å². The molecule has 2 amide bonds. The number of carbonyl (C=O) groups excluding carboxylic acids is 2. The number of carbonyl (C=O) groups is 2. The highest BCUT2D eigenvalue weighted by Gasteiger charge is 2.12. The Hall–Kier alpha value is -2.35. The normalized spacial score (nSPS) is 10.0. The van der Waals surface area contributed by atoms with Crippen molar-refractivity contribution >= 4 is 11.8 Å². The number of nitrogens with zero attached hydrogens (tertiary/aromatic N) is 2. The van der Waals surface area contributed by atoms with Crippen LogP contribution in [-0.4, -0.2) is 35.8 Å². The first kappa shape index (κ1) is 16.7. The Labute approximate surface area is 125 Å². The summed E-state index contributed by atoms with van der Waals surface area (Å²) < 4.78 is 0. The first-order chi connectivity index (χ1) is 9.95. The molecule has 0 spiro atoms. The van der Waals surface area contributed by atoms with Gasteiger partial charge in [0.25, 0.3) is 5.91 Å². The van der Waals surface area contributed by atoms with Crippen molar-refractivity contribution in [2.75, 3.05) is 13.1 Å². The maximum Gasteiger partial charge on any atom is 0.251 e. The topological polar surface area (TPSA) is 73.2 Å². The molecule has 0 saturated carbocycles. The highest BCUT2D eigenvalue weighted by atomic mass is 16.2. The standard InChI is InChI=1S/C16H21N3O2/c1-12(2)19(13(3)20)10-4-9-18-16(21)15-7-5-14(11-17)6-8-15/h5-8,12H,4,9-10H2,1-3H3,(H,18,21). The van der Waals surface area contributed by atoms with Gasteiger partial charge in [0.2, 0.25) is 5.91 Å². The minimum atomic E-state index is -0.168. The van der Waals surface area contributed by atoms with E-state index >= 15 is 0 Å². The molecule has 5 heteroatoms. The van der Waals surface area contributed by atoms with Gasteiger partial charge < -0.3 is 10.2 Å². The van der Waals surface area contributed by atoms with Crippen molar-refractivity contribution < 1.29 is 9.59 Å². The quantitative estimate of drug-likeness (QED) is 0.813. The molecular formula is C16H21N3O2. The molecule has 0 aliphatic carbocycles. The summed E-state index contributed by atoms with van der Waals surface area (Å²) in [6, 6.07) is 8.66. The predicted molar refractivity (Wildman–Crippen MR) is 80.6 cm³/mol. The van der Waals surface area contributed by atoms with E-state index in [2.05, 4.69) is 5.32 Å². The predicted octanol–water partition coefficient (Wildman–Crippen LogP) is 1.94. The highest BCUT2D eigenvalue weighted by molar-refractivity contribution is 5.94. The van der Waals surface area contributed by atoms with Crippen molar-refractivity contribution in [2.24, 2.45) is 0 Å². The van der Waals surface area contributed by atoms with Gasteiger partial charge in [-0.25, -0.2) is 0 Å². The molecular weight excluding hydrogens is 266 g/mol. The number of benzene rings is 1. The Morgan fingerprint density at radius 1 is 1.29 bits per heavy atom. The summed E-state index contributed by atoms with van der Waals surface area (Å²) in [4.78, 5) is 25.1. The third-order valence-electron chi connectivity index (χ3n) is 3.17. The molecule has 0 saturated heterocycles. The van der Waals surface area contributed by atoms with E-state index in [4.69, 9.17) is 5.26 Å². The smallest absolute Gasteiger partial charge is 0.251 e. The third-order valence-corrected chi connectivity index (χ3v) is 3.17. The summed E-state index contributed by atoms with van der Waals surface area (Å²) in [7, 11) is 0. The second-order valence-corrected chi connectivity index (χ2v) is 5.10. The second-order valence-electron chi connectivity index (χ2n) is 5.10. The van der Waals surface area contributed by atoms with Crippen LogP contribution in [0.3, 0.4) is 0 Å². The summed E-state index contributed by atoms with van der Waals surface area (Å²) in [6.07, 6.45) is 0.708. The van der Waals surface area contributed by atoms with E-state index in [9.17, 15) is 9.59 Å². The molecule has 0 heterocycles. The van der Waals surface area contributed by atoms with Gasteiger partial charge in [-0.05, 0) is 44.5 Å². The van der Waals surface area contributed by atoms with Crippen LogP contribution in [0.1, 0.15) is 43.1 Å². The fourth-order valence-electron chi connectivity index (χ4n) is 2.03. The Bertz CT molecular complexity index is 529. The largest absolute Gasteiger partial charge is 0.352 e. The lowest BCUT2D eigenvalue weighted by molar-refractivity contribution is -0.130. The average molecular weight is 287 g/mol. The lowest BCUT2D eigenvalue weighted by atomic mass is 10.1. The van der Waals surface area contributed by atoms with Crippen molar-refractivity contribution in [2.45, 2.75) is 33.2 Å². The Balaban J connectivity index is 2.39. The number of hydrogen-bond donors (Lipinski definition) is 1. The van der Waals surface area contributed by atoms with E-state index < -0.39 is 0 Å². The number of hydrogen-bond acceptors (Lipinski definition) is 3. The van der Waals surface area contributed by atoms with E-state index in [0.29, 0.717) is 30.6 Å². The van der Waals surface area contributed by atoms with Gasteiger partial charge in [-0.15, -0.1) is 0 Å². The fraction of sp³-hybridized carbons (Fsp3) is 0.438. The van der Waals surface area contributed by atoms with Crippen molar-refractivity contribution in [1.82, 2.24) is 10.2 Å². The molecule has 0 bridgehead atoms. The van der Waals surface area contributed by atoms with Crippen molar-refractivity contribution in [3.63, 3.8) is 0 Å². The SMILES string of the molecule is CC(=O)N(CCCNC(=O)c1ccc(C#N)cc1)C(C)C. The van der Waals surface area contributed by atoms with Crippen LogP contribution < -0.4 is 5.32 Å². The maximum absolute atomic E-state index is 11.9. The van der Waals surface area contributed by atoms with Crippen LogP contribution in [0.2, 0.25) is 0 Å². The molecule has 1 N–H and O–H groups in total. The summed E-state index contributed by atoms with van der Waals surface area (Å²) in [6.45, 7) is 6.62. The van der Waals surface area contributed by atoms with Gasteiger partial charge in [0.1, 0.15) is 0 Å². The zero-order valence-electron chi connectivity index (χ0n) is 12.7. The Kier molecular flexibility index (Phi) is 6.41. The minimum Gasteiger partial charge on any atom is -0.352 e. The first-order valence-corrected chi connectivity index (χ1v) is 7.01. The summed E-state index contributed by atoms with van der Waals surface area (Å²) in [5.74, 6) is -0.123. The van der Waals surface area contributed by atoms with Crippen LogP contribution in [0.25, 0.3) is 0 Å². The molecule has 0 unspecified atom stereocenters. The maximum atomic E-state index is 11.9. The van der Waals surface area contributed by atoms with Crippen molar-refractivity contribution in [1.29, 1.82) is 5.26 Å². The van der Waals surface area contributed by atoms with Gasteiger partial charge in [-0.2, -0.15) is 5.26 Å². The first-order valence-electron chi connectivity index (χ1n) is 7.01. The van der Waals surface area contributed by atoms with E-state index in [0.717, 1.165) is 0 Å². The zero-order valence-corrected chi connectivity index (χ0v) is 12.7. The van der Waals surface area contributed by atoms with Crippen LogP contribution in [0.5, 0.6) is 0 Å². The molecule has 0 aromatic heterocycles. The van der Waals surface area contributed by atoms with Crippen LogP contribution >= 0.6 is 0 Å². The molecule has 1 aromatic rings. The van der Waals surface area contributed by atoms with Gasteiger partial charge in [0.05, 0.1) is 11.6 Å². The Morgan fingerprint density at radius 3 is 2.38 bits per heavy atom. The van der Waals surface area contributed by atoms with Crippen molar-refractivity contribution in [3.8, 4) is 6.07 Å². The molecule has 0 radical (unpaired) electrons. The van der Waals surface area contributed by atoms with E-state index in [1.54, 1.807) is 36.1 Å². The van der Waals surface area contributed by atoms with E-state index in [1.807, 2.05) is 19.9 Å². The van der Waals surface area contributed by atoms with Gasteiger partial charge in [-0.1, -0.05) is 0 Å². The molecule has 1 rings (SSSR count). The van der Waals surface area contributed by atoms with Gasteiger partial charge in [-0.3, -0.25) is 9.59 Å². The average Bonchev–Trinajstić information content (AvgIpc) is 2.46. The molecule has 5 nitrogen and oxygen atoms in total. The number of rotatable bonds is 6. The number of nitrogens with one attached hydrogen (secondary N) is 1. The monoisotopic (exact) mass is 287 g/mol. The molecule has 0 aliphatic rings. The van der Waals surface area contributed by atoms with E-state index in [-0.39, 0.29) is 17.9 Å². The molecule has 0 aliphatic heterocycles. The fourth-order valence-corrected chi connectivity index (χ4v) is 2.03. The van der Waals surface area contributed by atoms with E-state index in [1.165, 1.54) is 0 Å². The number of amides is 2. The molecule has 0 atom stereocenters.